The van der Waals surface area contributed by atoms with Gasteiger partial charge in [-0.05, 0) is 67.6 Å². The van der Waals surface area contributed by atoms with Gasteiger partial charge in [-0.25, -0.2) is 4.79 Å². The van der Waals surface area contributed by atoms with Crippen molar-refractivity contribution in [2.75, 3.05) is 24.5 Å². The molecule has 0 radical (unpaired) electrons. The molecular formula is C23H25ClN4O. The van der Waals surface area contributed by atoms with Crippen LogP contribution < -0.4 is 10.6 Å². The van der Waals surface area contributed by atoms with Crippen molar-refractivity contribution in [1.82, 2.24) is 4.90 Å². The standard InChI is InChI=1S/C23H25ClN4O/c24-19-3-1-2-18(14-19)23(16-26)10-8-21(9-11-23)28-13-12-27(22(28)29)20-6-4-17(15-25)5-7-20/h1-7,14,21H,8-13,16,26H2/t21-,23-. The first-order valence-corrected chi connectivity index (χ1v) is 10.5. The predicted molar refractivity (Wildman–Crippen MR) is 115 cm³/mol. The molecule has 0 aromatic heterocycles. The summed E-state index contributed by atoms with van der Waals surface area (Å²) < 4.78 is 0. The Labute approximate surface area is 176 Å². The topological polar surface area (TPSA) is 73.4 Å². The van der Waals surface area contributed by atoms with Gasteiger partial charge in [-0.1, -0.05) is 23.7 Å². The van der Waals surface area contributed by atoms with Crippen molar-refractivity contribution in [3.8, 4) is 6.07 Å². The monoisotopic (exact) mass is 408 g/mol. The lowest BCUT2D eigenvalue weighted by Gasteiger charge is -2.42. The van der Waals surface area contributed by atoms with Crippen LogP contribution in [0.1, 0.15) is 36.8 Å². The average Bonchev–Trinajstić information content (AvgIpc) is 3.15. The second kappa shape index (κ2) is 8.06. The summed E-state index contributed by atoms with van der Waals surface area (Å²) in [4.78, 5) is 16.9. The fourth-order valence-corrected chi connectivity index (χ4v) is 4.93. The molecule has 150 valence electrons. The molecule has 2 amide bonds. The molecule has 29 heavy (non-hydrogen) atoms. The number of amides is 2. The van der Waals surface area contributed by atoms with Crippen LogP contribution in [0.3, 0.4) is 0 Å². The molecule has 1 heterocycles. The quantitative estimate of drug-likeness (QED) is 0.819. The van der Waals surface area contributed by atoms with Gasteiger partial charge >= 0.3 is 6.03 Å². The van der Waals surface area contributed by atoms with Crippen molar-refractivity contribution in [2.24, 2.45) is 5.73 Å². The molecule has 5 nitrogen and oxygen atoms in total. The van der Waals surface area contributed by atoms with Gasteiger partial charge in [-0.3, -0.25) is 4.90 Å². The first-order valence-electron chi connectivity index (χ1n) is 10.1. The summed E-state index contributed by atoms with van der Waals surface area (Å²) in [5, 5.41) is 9.70. The Morgan fingerprint density at radius 1 is 1.14 bits per heavy atom. The summed E-state index contributed by atoms with van der Waals surface area (Å²) in [7, 11) is 0. The molecule has 6 heteroatoms. The van der Waals surface area contributed by atoms with E-state index >= 15 is 0 Å². The summed E-state index contributed by atoms with van der Waals surface area (Å²) in [6, 6.07) is 17.6. The van der Waals surface area contributed by atoms with Crippen LogP contribution in [-0.4, -0.2) is 36.6 Å². The second-order valence-corrected chi connectivity index (χ2v) is 8.45. The zero-order chi connectivity index (χ0) is 20.4. The molecule has 2 aromatic carbocycles. The molecule has 2 N–H and O–H groups in total. The minimum Gasteiger partial charge on any atom is -0.330 e. The fraction of sp³-hybridized carbons (Fsp3) is 0.391. The number of nitriles is 1. The molecule has 2 aromatic rings. The van der Waals surface area contributed by atoms with Crippen LogP contribution in [0.25, 0.3) is 0 Å². The molecule has 1 aliphatic heterocycles. The number of rotatable bonds is 4. The Morgan fingerprint density at radius 3 is 2.48 bits per heavy atom. The van der Waals surface area contributed by atoms with E-state index in [2.05, 4.69) is 12.1 Å². The Morgan fingerprint density at radius 2 is 1.86 bits per heavy atom. The maximum atomic E-state index is 13.0. The van der Waals surface area contributed by atoms with Gasteiger partial charge in [0.1, 0.15) is 0 Å². The lowest BCUT2D eigenvalue weighted by molar-refractivity contribution is 0.156. The first-order chi connectivity index (χ1) is 14.1. The number of hydrogen-bond donors (Lipinski definition) is 1. The van der Waals surface area contributed by atoms with Gasteiger partial charge < -0.3 is 10.6 Å². The average molecular weight is 409 g/mol. The van der Waals surface area contributed by atoms with Crippen molar-refractivity contribution < 1.29 is 4.79 Å². The summed E-state index contributed by atoms with van der Waals surface area (Å²) in [6.07, 6.45) is 3.79. The SMILES string of the molecule is N#Cc1ccc(N2CCN([C@H]3CC[C@](CN)(c4cccc(Cl)c4)CC3)C2=O)cc1. The third-order valence-electron chi connectivity index (χ3n) is 6.53. The van der Waals surface area contributed by atoms with Gasteiger partial charge in [0, 0.05) is 41.8 Å². The largest absolute Gasteiger partial charge is 0.330 e. The highest BCUT2D eigenvalue weighted by Gasteiger charge is 2.41. The fourth-order valence-electron chi connectivity index (χ4n) is 4.74. The summed E-state index contributed by atoms with van der Waals surface area (Å²) >= 11 is 6.21. The van der Waals surface area contributed by atoms with E-state index in [4.69, 9.17) is 22.6 Å². The summed E-state index contributed by atoms with van der Waals surface area (Å²) in [6.45, 7) is 2.00. The molecular weight excluding hydrogens is 384 g/mol. The first kappa shape index (κ1) is 19.8. The van der Waals surface area contributed by atoms with E-state index in [-0.39, 0.29) is 17.5 Å². The van der Waals surface area contributed by atoms with E-state index < -0.39 is 0 Å². The highest BCUT2D eigenvalue weighted by Crippen LogP contribution is 2.41. The van der Waals surface area contributed by atoms with Crippen molar-refractivity contribution in [2.45, 2.75) is 37.1 Å². The Kier molecular flexibility index (Phi) is 5.49. The molecule has 2 aliphatic rings. The molecule has 4 rings (SSSR count). The van der Waals surface area contributed by atoms with Gasteiger partial charge in [0.15, 0.2) is 0 Å². The van der Waals surface area contributed by atoms with Crippen LogP contribution in [0, 0.1) is 11.3 Å². The number of hydrogen-bond acceptors (Lipinski definition) is 3. The lowest BCUT2D eigenvalue weighted by Crippen LogP contribution is -2.46. The third kappa shape index (κ3) is 3.71. The van der Waals surface area contributed by atoms with Gasteiger partial charge in [0.05, 0.1) is 11.6 Å². The normalized spacial score (nSPS) is 24.6. The van der Waals surface area contributed by atoms with E-state index in [1.54, 1.807) is 12.1 Å². The Balaban J connectivity index is 1.44. The number of urea groups is 1. The third-order valence-corrected chi connectivity index (χ3v) is 6.77. The second-order valence-electron chi connectivity index (χ2n) is 8.01. The van der Waals surface area contributed by atoms with Crippen LogP contribution in [0.2, 0.25) is 5.02 Å². The van der Waals surface area contributed by atoms with Gasteiger partial charge in [0.25, 0.3) is 0 Å². The Hall–Kier alpha value is -2.55. The summed E-state index contributed by atoms with van der Waals surface area (Å²) in [5.74, 6) is 0. The van der Waals surface area contributed by atoms with E-state index in [0.29, 0.717) is 18.7 Å². The molecule has 0 unspecified atom stereocenters. The van der Waals surface area contributed by atoms with Crippen molar-refractivity contribution in [3.05, 3.63) is 64.7 Å². The molecule has 2 fully saturated rings. The molecule has 0 atom stereocenters. The molecule has 1 saturated carbocycles. The van der Waals surface area contributed by atoms with Gasteiger partial charge in [0.2, 0.25) is 0 Å². The van der Waals surface area contributed by atoms with Crippen LogP contribution in [0.4, 0.5) is 10.5 Å². The predicted octanol–water partition coefficient (Wildman–Crippen LogP) is 4.29. The zero-order valence-corrected chi connectivity index (χ0v) is 17.1. The van der Waals surface area contributed by atoms with Crippen LogP contribution in [-0.2, 0) is 5.41 Å². The van der Waals surface area contributed by atoms with Crippen LogP contribution in [0.15, 0.2) is 48.5 Å². The van der Waals surface area contributed by atoms with Crippen molar-refractivity contribution >= 4 is 23.3 Å². The van der Waals surface area contributed by atoms with E-state index in [1.165, 1.54) is 5.56 Å². The van der Waals surface area contributed by atoms with E-state index in [0.717, 1.165) is 42.9 Å². The minimum absolute atomic E-state index is 0.0581. The number of halogens is 1. The zero-order valence-electron chi connectivity index (χ0n) is 16.4. The van der Waals surface area contributed by atoms with Gasteiger partial charge in [-0.2, -0.15) is 5.26 Å². The number of nitrogens with two attached hydrogens (primary N) is 1. The molecule has 1 aliphatic carbocycles. The number of carbonyl (C=O) groups excluding carboxylic acids is 1. The number of anilines is 1. The maximum Gasteiger partial charge on any atom is 0.324 e. The van der Waals surface area contributed by atoms with E-state index in [1.807, 2.05) is 40.1 Å². The highest BCUT2D eigenvalue weighted by molar-refractivity contribution is 6.30. The van der Waals surface area contributed by atoms with Crippen molar-refractivity contribution in [3.63, 3.8) is 0 Å². The molecule has 0 bridgehead atoms. The minimum atomic E-state index is -0.0585. The van der Waals surface area contributed by atoms with Gasteiger partial charge in [-0.15, -0.1) is 0 Å². The summed E-state index contributed by atoms with van der Waals surface area (Å²) in [5.41, 5.74) is 8.81. The maximum absolute atomic E-state index is 13.0. The van der Waals surface area contributed by atoms with Crippen LogP contribution >= 0.6 is 11.6 Å². The highest BCUT2D eigenvalue weighted by atomic mass is 35.5. The number of benzene rings is 2. The van der Waals surface area contributed by atoms with Crippen molar-refractivity contribution in [1.29, 1.82) is 5.26 Å². The Bertz CT molecular complexity index is 929. The molecule has 0 spiro atoms. The smallest absolute Gasteiger partial charge is 0.324 e. The number of carbonyl (C=O) groups is 1. The lowest BCUT2D eigenvalue weighted by atomic mass is 9.68. The number of nitrogens with zero attached hydrogens (tertiary/aromatic N) is 3. The van der Waals surface area contributed by atoms with Crippen LogP contribution in [0.5, 0.6) is 0 Å². The molecule has 1 saturated heterocycles. The van der Waals surface area contributed by atoms with E-state index in [9.17, 15) is 4.79 Å².